The summed E-state index contributed by atoms with van der Waals surface area (Å²) in [7, 11) is 0. The highest BCUT2D eigenvalue weighted by atomic mass is 16.7. The van der Waals surface area contributed by atoms with Crippen LogP contribution in [0.4, 0.5) is 0 Å². The van der Waals surface area contributed by atoms with Crippen LogP contribution in [0.5, 0.6) is 0 Å². The molecule has 0 atom stereocenters. The lowest BCUT2D eigenvalue weighted by Crippen LogP contribution is -2.40. The lowest BCUT2D eigenvalue weighted by atomic mass is 9.82. The van der Waals surface area contributed by atoms with Gasteiger partial charge in [-0.25, -0.2) is 0 Å². The van der Waals surface area contributed by atoms with Crippen LogP contribution in [0.15, 0.2) is 0 Å². The molecule has 0 bridgehead atoms. The van der Waals surface area contributed by atoms with Gasteiger partial charge in [0.25, 0.3) is 0 Å². The van der Waals surface area contributed by atoms with E-state index in [-0.39, 0.29) is 11.7 Å². The smallest absolute Gasteiger partial charge is 0.220 e. The zero-order chi connectivity index (χ0) is 14.7. The molecule has 2 saturated carbocycles. The Morgan fingerprint density at radius 1 is 1.05 bits per heavy atom. The second kappa shape index (κ2) is 6.66. The van der Waals surface area contributed by atoms with E-state index in [1.807, 2.05) is 0 Å². The molecule has 1 saturated heterocycles. The lowest BCUT2D eigenvalue weighted by Gasteiger charge is -2.35. The number of ether oxygens (including phenoxy) is 2. The van der Waals surface area contributed by atoms with E-state index in [0.717, 1.165) is 57.7 Å². The van der Waals surface area contributed by atoms with Crippen LogP contribution in [0.1, 0.15) is 64.7 Å². The second-order valence-electron chi connectivity index (χ2n) is 7.28. The summed E-state index contributed by atoms with van der Waals surface area (Å²) in [5.41, 5.74) is 0. The molecule has 1 heterocycles. The van der Waals surface area contributed by atoms with Crippen LogP contribution in [-0.4, -0.2) is 30.9 Å². The molecular weight excluding hydrogens is 266 g/mol. The van der Waals surface area contributed by atoms with Crippen LogP contribution in [0.25, 0.3) is 0 Å². The van der Waals surface area contributed by atoms with Gasteiger partial charge >= 0.3 is 0 Å². The fourth-order valence-electron chi connectivity index (χ4n) is 4.06. The lowest BCUT2D eigenvalue weighted by molar-refractivity contribution is -0.183. The van der Waals surface area contributed by atoms with Crippen molar-refractivity contribution in [3.63, 3.8) is 0 Å². The van der Waals surface area contributed by atoms with E-state index in [2.05, 4.69) is 12.2 Å². The summed E-state index contributed by atoms with van der Waals surface area (Å²) < 4.78 is 11.5. The molecule has 1 aliphatic heterocycles. The minimum atomic E-state index is -0.299. The average Bonchev–Trinajstić information content (AvgIpc) is 2.93. The highest BCUT2D eigenvalue weighted by molar-refractivity contribution is 5.76. The zero-order valence-electron chi connectivity index (χ0n) is 13.2. The summed E-state index contributed by atoms with van der Waals surface area (Å²) in [4.78, 5) is 12.2. The third-order valence-electron chi connectivity index (χ3n) is 5.54. The van der Waals surface area contributed by atoms with E-state index < -0.39 is 0 Å². The molecule has 1 spiro atoms. The Labute approximate surface area is 127 Å². The minimum Gasteiger partial charge on any atom is -0.353 e. The van der Waals surface area contributed by atoms with Gasteiger partial charge in [-0.05, 0) is 50.4 Å². The van der Waals surface area contributed by atoms with Gasteiger partial charge < -0.3 is 14.8 Å². The fourth-order valence-corrected chi connectivity index (χ4v) is 4.06. The topological polar surface area (TPSA) is 47.6 Å². The molecule has 1 amide bonds. The number of amides is 1. The summed E-state index contributed by atoms with van der Waals surface area (Å²) in [6.45, 7) is 3.76. The van der Waals surface area contributed by atoms with Gasteiger partial charge in [-0.2, -0.15) is 0 Å². The standard InChI is InChI=1S/C17H29NO3/c1-13-2-4-15(5-3-13)18-16(19)12-14-6-8-17(9-7-14)20-10-11-21-17/h13-15H,2-12H2,1H3,(H,18,19). The van der Waals surface area contributed by atoms with E-state index in [4.69, 9.17) is 9.47 Å². The summed E-state index contributed by atoms with van der Waals surface area (Å²) in [6, 6.07) is 0.421. The van der Waals surface area contributed by atoms with Gasteiger partial charge in [0.15, 0.2) is 5.79 Å². The first-order chi connectivity index (χ1) is 10.2. The molecule has 0 radical (unpaired) electrons. The van der Waals surface area contributed by atoms with Crippen LogP contribution in [-0.2, 0) is 14.3 Å². The first kappa shape index (κ1) is 15.3. The maximum atomic E-state index is 12.2. The highest BCUT2D eigenvalue weighted by Crippen LogP contribution is 2.39. The first-order valence-electron chi connectivity index (χ1n) is 8.72. The molecule has 4 heteroatoms. The van der Waals surface area contributed by atoms with Gasteiger partial charge in [-0.3, -0.25) is 4.79 Å². The largest absolute Gasteiger partial charge is 0.353 e. The van der Waals surface area contributed by atoms with Crippen LogP contribution in [0.2, 0.25) is 0 Å². The summed E-state index contributed by atoms with van der Waals surface area (Å²) >= 11 is 0. The maximum absolute atomic E-state index is 12.2. The van der Waals surface area contributed by atoms with Gasteiger partial charge in [0.05, 0.1) is 13.2 Å². The number of nitrogens with one attached hydrogen (secondary N) is 1. The zero-order valence-corrected chi connectivity index (χ0v) is 13.2. The van der Waals surface area contributed by atoms with E-state index in [9.17, 15) is 4.79 Å². The third-order valence-corrected chi connectivity index (χ3v) is 5.54. The fraction of sp³-hybridized carbons (Fsp3) is 0.941. The molecule has 0 aromatic heterocycles. The van der Waals surface area contributed by atoms with E-state index in [0.29, 0.717) is 18.4 Å². The van der Waals surface area contributed by atoms with Gasteiger partial charge in [0, 0.05) is 25.3 Å². The van der Waals surface area contributed by atoms with Crippen molar-refractivity contribution in [2.45, 2.75) is 76.5 Å². The van der Waals surface area contributed by atoms with Crippen molar-refractivity contribution in [2.24, 2.45) is 11.8 Å². The second-order valence-corrected chi connectivity index (χ2v) is 7.28. The summed E-state index contributed by atoms with van der Waals surface area (Å²) in [5, 5.41) is 3.25. The van der Waals surface area contributed by atoms with Gasteiger partial charge in [-0.1, -0.05) is 6.92 Å². The Morgan fingerprint density at radius 2 is 1.67 bits per heavy atom. The molecule has 2 aliphatic carbocycles. The molecular formula is C17H29NO3. The Kier molecular flexibility index (Phi) is 4.85. The third kappa shape index (κ3) is 3.98. The first-order valence-corrected chi connectivity index (χ1v) is 8.72. The van der Waals surface area contributed by atoms with Crippen molar-refractivity contribution in [1.82, 2.24) is 5.32 Å². The highest BCUT2D eigenvalue weighted by Gasteiger charge is 2.40. The normalized spacial score (nSPS) is 33.2. The van der Waals surface area contributed by atoms with Gasteiger partial charge in [0.1, 0.15) is 0 Å². The van der Waals surface area contributed by atoms with Crippen molar-refractivity contribution in [3.8, 4) is 0 Å². The van der Waals surface area contributed by atoms with E-state index in [1.54, 1.807) is 0 Å². The van der Waals surface area contributed by atoms with E-state index in [1.165, 1.54) is 12.8 Å². The Balaban J connectivity index is 1.38. The average molecular weight is 295 g/mol. The van der Waals surface area contributed by atoms with Crippen molar-refractivity contribution < 1.29 is 14.3 Å². The Hall–Kier alpha value is -0.610. The molecule has 120 valence electrons. The quantitative estimate of drug-likeness (QED) is 0.870. The molecule has 3 fully saturated rings. The van der Waals surface area contributed by atoms with Crippen molar-refractivity contribution >= 4 is 5.91 Å². The summed E-state index contributed by atoms with van der Waals surface area (Å²) in [5.74, 6) is 1.29. The van der Waals surface area contributed by atoms with Crippen molar-refractivity contribution in [1.29, 1.82) is 0 Å². The number of hydrogen-bond donors (Lipinski definition) is 1. The number of rotatable bonds is 3. The molecule has 4 nitrogen and oxygen atoms in total. The number of hydrogen-bond acceptors (Lipinski definition) is 3. The number of carbonyl (C=O) groups excluding carboxylic acids is 1. The molecule has 1 N–H and O–H groups in total. The maximum Gasteiger partial charge on any atom is 0.220 e. The van der Waals surface area contributed by atoms with Crippen molar-refractivity contribution in [3.05, 3.63) is 0 Å². The summed E-state index contributed by atoms with van der Waals surface area (Å²) in [6.07, 6.45) is 9.51. The molecule has 21 heavy (non-hydrogen) atoms. The van der Waals surface area contributed by atoms with Crippen LogP contribution in [0.3, 0.4) is 0 Å². The SMILES string of the molecule is CC1CCC(NC(=O)CC2CCC3(CC2)OCCO3)CC1. The Bertz CT molecular complexity index is 347. The molecule has 3 aliphatic rings. The van der Waals surface area contributed by atoms with Crippen LogP contribution >= 0.6 is 0 Å². The Morgan fingerprint density at radius 3 is 2.29 bits per heavy atom. The van der Waals surface area contributed by atoms with E-state index >= 15 is 0 Å². The monoisotopic (exact) mass is 295 g/mol. The minimum absolute atomic E-state index is 0.253. The van der Waals surface area contributed by atoms with Crippen LogP contribution < -0.4 is 5.32 Å². The number of carbonyl (C=O) groups is 1. The predicted molar refractivity (Wildman–Crippen MR) is 80.8 cm³/mol. The molecule has 3 rings (SSSR count). The molecule has 0 aromatic rings. The molecule has 0 aromatic carbocycles. The van der Waals surface area contributed by atoms with Gasteiger partial charge in [-0.15, -0.1) is 0 Å². The molecule has 0 unspecified atom stereocenters. The van der Waals surface area contributed by atoms with Gasteiger partial charge in [0.2, 0.25) is 5.91 Å². The van der Waals surface area contributed by atoms with Crippen molar-refractivity contribution in [2.75, 3.05) is 13.2 Å². The predicted octanol–water partition coefficient (Wildman–Crippen LogP) is 3.00. The van der Waals surface area contributed by atoms with Crippen LogP contribution in [0, 0.1) is 11.8 Å².